The van der Waals surface area contributed by atoms with Crippen molar-refractivity contribution < 1.29 is 9.53 Å². The summed E-state index contributed by atoms with van der Waals surface area (Å²) in [5.74, 6) is 1.06. The van der Waals surface area contributed by atoms with E-state index in [1.54, 1.807) is 16.2 Å². The van der Waals surface area contributed by atoms with E-state index >= 15 is 0 Å². The SMILES string of the molecule is Cc1nc(CN(C)C(=O)CCN2Cc3ccccc3OC(c3ccccc3)C2)cs1. The Hall–Kier alpha value is -2.70. The molecule has 0 bridgehead atoms. The lowest BCUT2D eigenvalue weighted by Crippen LogP contribution is -2.33. The largest absolute Gasteiger partial charge is 0.484 e. The molecule has 1 aliphatic rings. The summed E-state index contributed by atoms with van der Waals surface area (Å²) in [5.41, 5.74) is 3.27. The second-order valence-electron chi connectivity index (χ2n) is 7.72. The molecule has 1 aromatic heterocycles. The van der Waals surface area contributed by atoms with Crippen LogP contribution in [0.1, 0.15) is 34.4 Å². The molecular formula is C24H27N3O2S. The van der Waals surface area contributed by atoms with E-state index in [4.69, 9.17) is 4.74 Å². The van der Waals surface area contributed by atoms with E-state index in [1.807, 2.05) is 55.7 Å². The quantitative estimate of drug-likeness (QED) is 0.590. The van der Waals surface area contributed by atoms with E-state index in [0.29, 0.717) is 19.5 Å². The first-order valence-corrected chi connectivity index (χ1v) is 11.1. The molecule has 3 aromatic rings. The van der Waals surface area contributed by atoms with Gasteiger partial charge in [0, 0.05) is 44.0 Å². The van der Waals surface area contributed by atoms with Crippen LogP contribution in [-0.4, -0.2) is 40.8 Å². The molecule has 156 valence electrons. The van der Waals surface area contributed by atoms with Crippen molar-refractivity contribution in [1.29, 1.82) is 0 Å². The van der Waals surface area contributed by atoms with Gasteiger partial charge in [0.25, 0.3) is 0 Å². The molecule has 1 amide bonds. The normalized spacial score (nSPS) is 16.4. The number of carbonyl (C=O) groups is 1. The maximum absolute atomic E-state index is 12.7. The van der Waals surface area contributed by atoms with Crippen LogP contribution in [-0.2, 0) is 17.9 Å². The molecule has 0 N–H and O–H groups in total. The van der Waals surface area contributed by atoms with Crippen LogP contribution in [0.15, 0.2) is 60.0 Å². The molecule has 1 atom stereocenters. The third-order valence-electron chi connectivity index (χ3n) is 5.36. The molecule has 0 saturated carbocycles. The average Bonchev–Trinajstić information content (AvgIpc) is 3.07. The Morgan fingerprint density at radius 2 is 1.97 bits per heavy atom. The first-order valence-electron chi connectivity index (χ1n) is 10.3. The molecule has 2 aromatic carbocycles. The van der Waals surface area contributed by atoms with E-state index in [0.717, 1.165) is 40.7 Å². The summed E-state index contributed by atoms with van der Waals surface area (Å²) >= 11 is 1.62. The van der Waals surface area contributed by atoms with Gasteiger partial charge in [0.15, 0.2) is 0 Å². The molecule has 0 fully saturated rings. The molecule has 4 rings (SSSR count). The molecule has 0 radical (unpaired) electrons. The van der Waals surface area contributed by atoms with Gasteiger partial charge in [-0.2, -0.15) is 0 Å². The second kappa shape index (κ2) is 9.41. The average molecular weight is 422 g/mol. The van der Waals surface area contributed by atoms with Crippen LogP contribution in [0.25, 0.3) is 0 Å². The summed E-state index contributed by atoms with van der Waals surface area (Å²) in [6.07, 6.45) is 0.421. The second-order valence-corrected chi connectivity index (χ2v) is 8.78. The number of ether oxygens (including phenoxy) is 1. The number of hydrogen-bond acceptors (Lipinski definition) is 5. The molecule has 1 aliphatic heterocycles. The van der Waals surface area contributed by atoms with Gasteiger partial charge in [0.05, 0.1) is 17.2 Å². The monoisotopic (exact) mass is 421 g/mol. The molecule has 6 heteroatoms. The fourth-order valence-corrected chi connectivity index (χ4v) is 4.35. The molecule has 2 heterocycles. The number of rotatable bonds is 6. The number of hydrogen-bond donors (Lipinski definition) is 0. The smallest absolute Gasteiger partial charge is 0.223 e. The number of carbonyl (C=O) groups excluding carboxylic acids is 1. The van der Waals surface area contributed by atoms with Crippen molar-refractivity contribution in [3.05, 3.63) is 81.8 Å². The highest BCUT2D eigenvalue weighted by Crippen LogP contribution is 2.31. The van der Waals surface area contributed by atoms with E-state index in [1.165, 1.54) is 0 Å². The number of aromatic nitrogens is 1. The van der Waals surface area contributed by atoms with Gasteiger partial charge < -0.3 is 9.64 Å². The van der Waals surface area contributed by atoms with Gasteiger partial charge in [-0.15, -0.1) is 11.3 Å². The van der Waals surface area contributed by atoms with E-state index in [9.17, 15) is 4.79 Å². The fourth-order valence-electron chi connectivity index (χ4n) is 3.75. The number of benzene rings is 2. The van der Waals surface area contributed by atoms with Crippen LogP contribution >= 0.6 is 11.3 Å². The zero-order valence-electron chi connectivity index (χ0n) is 17.5. The van der Waals surface area contributed by atoms with Crippen LogP contribution in [0, 0.1) is 6.92 Å². The lowest BCUT2D eigenvalue weighted by Gasteiger charge is -2.25. The van der Waals surface area contributed by atoms with Gasteiger partial charge >= 0.3 is 0 Å². The van der Waals surface area contributed by atoms with Crippen molar-refractivity contribution in [3.8, 4) is 5.75 Å². The number of amides is 1. The summed E-state index contributed by atoms with van der Waals surface area (Å²) in [7, 11) is 1.85. The van der Waals surface area contributed by atoms with E-state index in [-0.39, 0.29) is 12.0 Å². The maximum Gasteiger partial charge on any atom is 0.223 e. The zero-order valence-corrected chi connectivity index (χ0v) is 18.3. The van der Waals surface area contributed by atoms with E-state index in [2.05, 4.69) is 28.1 Å². The first kappa shape index (κ1) is 20.6. The highest BCUT2D eigenvalue weighted by Gasteiger charge is 2.24. The van der Waals surface area contributed by atoms with Crippen LogP contribution in [0.2, 0.25) is 0 Å². The minimum atomic E-state index is -0.0549. The lowest BCUT2D eigenvalue weighted by atomic mass is 10.1. The van der Waals surface area contributed by atoms with Crippen molar-refractivity contribution in [3.63, 3.8) is 0 Å². The summed E-state index contributed by atoms with van der Waals surface area (Å²) in [5, 5.41) is 3.05. The number of para-hydroxylation sites is 1. The summed E-state index contributed by atoms with van der Waals surface area (Å²) in [6, 6.07) is 18.5. The van der Waals surface area contributed by atoms with Crippen LogP contribution < -0.4 is 4.74 Å². The van der Waals surface area contributed by atoms with Gasteiger partial charge in [0.1, 0.15) is 11.9 Å². The van der Waals surface area contributed by atoms with Gasteiger partial charge in [-0.3, -0.25) is 9.69 Å². The van der Waals surface area contributed by atoms with Gasteiger partial charge in [-0.05, 0) is 18.6 Å². The van der Waals surface area contributed by atoms with Gasteiger partial charge in [0.2, 0.25) is 5.91 Å². The minimum absolute atomic E-state index is 0.0549. The summed E-state index contributed by atoms with van der Waals surface area (Å²) in [6.45, 7) is 4.77. The Morgan fingerprint density at radius 1 is 1.20 bits per heavy atom. The maximum atomic E-state index is 12.7. The number of aryl methyl sites for hydroxylation is 1. The molecule has 30 heavy (non-hydrogen) atoms. The predicted molar refractivity (Wildman–Crippen MR) is 119 cm³/mol. The Balaban J connectivity index is 1.42. The van der Waals surface area contributed by atoms with Gasteiger partial charge in [-0.1, -0.05) is 48.5 Å². The molecule has 0 saturated heterocycles. The Bertz CT molecular complexity index is 989. The van der Waals surface area contributed by atoms with Crippen LogP contribution in [0.4, 0.5) is 0 Å². The van der Waals surface area contributed by atoms with Crippen LogP contribution in [0.5, 0.6) is 5.75 Å². The molecule has 0 spiro atoms. The van der Waals surface area contributed by atoms with Crippen molar-refractivity contribution in [1.82, 2.24) is 14.8 Å². The van der Waals surface area contributed by atoms with Crippen molar-refractivity contribution in [2.75, 3.05) is 20.1 Å². The highest BCUT2D eigenvalue weighted by molar-refractivity contribution is 7.09. The number of thiazole rings is 1. The molecule has 5 nitrogen and oxygen atoms in total. The topological polar surface area (TPSA) is 45.7 Å². The Labute approximate surface area is 181 Å². The fraction of sp³-hybridized carbons (Fsp3) is 0.333. The zero-order chi connectivity index (χ0) is 20.9. The summed E-state index contributed by atoms with van der Waals surface area (Å²) in [4.78, 5) is 21.3. The highest BCUT2D eigenvalue weighted by atomic mass is 32.1. The number of fused-ring (bicyclic) bond motifs is 1. The lowest BCUT2D eigenvalue weighted by molar-refractivity contribution is -0.130. The number of nitrogens with zero attached hydrogens (tertiary/aromatic N) is 3. The molecule has 0 aliphatic carbocycles. The Kier molecular flexibility index (Phi) is 6.45. The molecular weight excluding hydrogens is 394 g/mol. The van der Waals surface area contributed by atoms with E-state index < -0.39 is 0 Å². The van der Waals surface area contributed by atoms with Gasteiger partial charge in [-0.25, -0.2) is 4.98 Å². The Morgan fingerprint density at radius 3 is 2.73 bits per heavy atom. The van der Waals surface area contributed by atoms with Crippen LogP contribution in [0.3, 0.4) is 0 Å². The standard InChI is InChI=1S/C24H27N3O2S/c1-18-25-21(17-30-18)15-26(2)24(28)12-13-27-14-20-10-6-7-11-22(20)29-23(16-27)19-8-4-3-5-9-19/h3-11,17,23H,12-16H2,1-2H3. The van der Waals surface area contributed by atoms with Crippen molar-refractivity contribution >= 4 is 17.2 Å². The third-order valence-corrected chi connectivity index (χ3v) is 6.19. The van der Waals surface area contributed by atoms with Crippen molar-refractivity contribution in [2.24, 2.45) is 0 Å². The predicted octanol–water partition coefficient (Wildman–Crippen LogP) is 4.44. The molecule has 1 unspecified atom stereocenters. The first-order chi connectivity index (χ1) is 14.6. The minimum Gasteiger partial charge on any atom is -0.484 e. The van der Waals surface area contributed by atoms with Crippen molar-refractivity contribution in [2.45, 2.75) is 32.5 Å². The third kappa shape index (κ3) is 5.07. The summed E-state index contributed by atoms with van der Waals surface area (Å²) < 4.78 is 6.36.